The molecule has 8 nitrogen and oxygen atoms in total. The van der Waals surface area contributed by atoms with Gasteiger partial charge < -0.3 is 8.83 Å². The Kier molecular flexibility index (Phi) is 5.50. The predicted molar refractivity (Wildman–Crippen MR) is 118 cm³/mol. The first-order chi connectivity index (χ1) is 13.8. The Hall–Kier alpha value is -2.72. The topological polar surface area (TPSA) is 101 Å². The first-order valence-corrected chi connectivity index (χ1v) is 12.7. The highest BCUT2D eigenvalue weighted by atomic mass is 32.2. The summed E-state index contributed by atoms with van der Waals surface area (Å²) in [6, 6.07) is 10.7. The van der Waals surface area contributed by atoms with Gasteiger partial charge in [0, 0.05) is 37.4 Å². The van der Waals surface area contributed by atoms with Crippen LogP contribution in [0.15, 0.2) is 45.2 Å². The third kappa shape index (κ3) is 4.24. The van der Waals surface area contributed by atoms with E-state index in [9.17, 15) is 16.8 Å². The Bertz CT molecular complexity index is 1180. The molecule has 0 aliphatic carbocycles. The molecule has 0 bridgehead atoms. The summed E-state index contributed by atoms with van der Waals surface area (Å²) in [6.45, 7) is 3.69. The molecule has 0 aliphatic heterocycles. The molecule has 0 saturated carbocycles. The summed E-state index contributed by atoms with van der Waals surface area (Å²) in [4.78, 5) is 0. The SMILES string of the molecule is Cc1cc(N(C)S(C)(=O)=O)oc1-c1ccc(-c2oc(N(C)S(C)(=O)=O)cc2C)cc1. The summed E-state index contributed by atoms with van der Waals surface area (Å²) in [5.41, 5.74) is 3.17. The van der Waals surface area contributed by atoms with Crippen LogP contribution in [0.1, 0.15) is 11.1 Å². The second kappa shape index (κ2) is 7.51. The molecule has 0 saturated heterocycles. The molecule has 1 aromatic carbocycles. The van der Waals surface area contributed by atoms with Crippen molar-refractivity contribution in [3.05, 3.63) is 47.5 Å². The van der Waals surface area contributed by atoms with Crippen molar-refractivity contribution in [3.8, 4) is 22.6 Å². The van der Waals surface area contributed by atoms with Crippen LogP contribution in [0.5, 0.6) is 0 Å². The Morgan fingerprint density at radius 3 is 1.23 bits per heavy atom. The lowest BCUT2D eigenvalue weighted by atomic mass is 10.0. The number of sulfonamides is 2. The van der Waals surface area contributed by atoms with Gasteiger partial charge in [-0.05, 0) is 25.0 Å². The molecule has 10 heteroatoms. The summed E-state index contributed by atoms with van der Waals surface area (Å²) in [7, 11) is -3.98. The van der Waals surface area contributed by atoms with Crippen LogP contribution in [-0.2, 0) is 20.0 Å². The molecular formula is C20H24N2O6S2. The maximum atomic E-state index is 11.7. The molecule has 3 rings (SSSR count). The van der Waals surface area contributed by atoms with E-state index in [0.717, 1.165) is 43.4 Å². The van der Waals surface area contributed by atoms with Gasteiger partial charge in [-0.2, -0.15) is 0 Å². The predicted octanol–water partition coefficient (Wildman–Crippen LogP) is 3.62. The maximum absolute atomic E-state index is 11.7. The summed E-state index contributed by atoms with van der Waals surface area (Å²) < 4.78 is 60.7. The normalized spacial score (nSPS) is 12.2. The Balaban J connectivity index is 1.94. The Morgan fingerprint density at radius 2 is 0.967 bits per heavy atom. The number of anilines is 2. The molecule has 0 aliphatic rings. The van der Waals surface area contributed by atoms with Crippen molar-refractivity contribution in [2.45, 2.75) is 13.8 Å². The van der Waals surface area contributed by atoms with E-state index in [0.29, 0.717) is 11.5 Å². The molecule has 0 N–H and O–H groups in total. The molecule has 2 heterocycles. The van der Waals surface area contributed by atoms with Crippen LogP contribution in [-0.4, -0.2) is 43.4 Å². The molecule has 0 radical (unpaired) electrons. The van der Waals surface area contributed by atoms with Crippen LogP contribution < -0.4 is 8.61 Å². The van der Waals surface area contributed by atoms with Gasteiger partial charge in [0.2, 0.25) is 31.8 Å². The Labute approximate surface area is 176 Å². The molecule has 0 spiro atoms. The summed E-state index contributed by atoms with van der Waals surface area (Å²) in [6.07, 6.45) is 2.22. The summed E-state index contributed by atoms with van der Waals surface area (Å²) >= 11 is 0. The minimum atomic E-state index is -3.42. The van der Waals surface area contributed by atoms with E-state index >= 15 is 0 Å². The second-order valence-electron chi connectivity index (χ2n) is 7.23. The fourth-order valence-corrected chi connectivity index (χ4v) is 3.75. The number of rotatable bonds is 6. The van der Waals surface area contributed by atoms with Crippen LogP contribution >= 0.6 is 0 Å². The van der Waals surface area contributed by atoms with E-state index < -0.39 is 20.0 Å². The van der Waals surface area contributed by atoms with Gasteiger partial charge in [0.1, 0.15) is 11.5 Å². The molecule has 3 aromatic rings. The minimum Gasteiger partial charge on any atom is -0.439 e. The van der Waals surface area contributed by atoms with Gasteiger partial charge in [0.05, 0.1) is 12.5 Å². The first kappa shape index (κ1) is 22.0. The molecular weight excluding hydrogens is 428 g/mol. The monoisotopic (exact) mass is 452 g/mol. The van der Waals surface area contributed by atoms with Crippen molar-refractivity contribution in [2.75, 3.05) is 35.2 Å². The minimum absolute atomic E-state index is 0.240. The van der Waals surface area contributed by atoms with Crippen LogP contribution in [0.4, 0.5) is 11.8 Å². The van der Waals surface area contributed by atoms with Crippen molar-refractivity contribution < 1.29 is 25.7 Å². The maximum Gasteiger partial charge on any atom is 0.234 e. The van der Waals surface area contributed by atoms with Crippen LogP contribution in [0.25, 0.3) is 22.6 Å². The fourth-order valence-electron chi connectivity index (χ4n) is 2.91. The van der Waals surface area contributed by atoms with Crippen molar-refractivity contribution in [2.24, 2.45) is 0 Å². The molecule has 0 atom stereocenters. The van der Waals surface area contributed by atoms with Gasteiger partial charge in [-0.1, -0.05) is 24.3 Å². The van der Waals surface area contributed by atoms with Crippen molar-refractivity contribution in [3.63, 3.8) is 0 Å². The first-order valence-electron chi connectivity index (χ1n) is 8.98. The fraction of sp³-hybridized carbons (Fsp3) is 0.300. The lowest BCUT2D eigenvalue weighted by Gasteiger charge is -2.12. The van der Waals surface area contributed by atoms with Crippen molar-refractivity contribution in [1.82, 2.24) is 0 Å². The number of furan rings is 2. The zero-order valence-corrected chi connectivity index (χ0v) is 19.3. The van der Waals surface area contributed by atoms with Crippen LogP contribution in [0.2, 0.25) is 0 Å². The van der Waals surface area contributed by atoms with E-state index in [4.69, 9.17) is 8.83 Å². The number of nitrogens with zero attached hydrogens (tertiary/aromatic N) is 2. The molecule has 0 unspecified atom stereocenters. The zero-order chi connectivity index (χ0) is 22.4. The van der Waals surface area contributed by atoms with Crippen molar-refractivity contribution in [1.29, 1.82) is 0 Å². The Morgan fingerprint density at radius 1 is 0.667 bits per heavy atom. The van der Waals surface area contributed by atoms with Crippen LogP contribution in [0, 0.1) is 13.8 Å². The highest BCUT2D eigenvalue weighted by molar-refractivity contribution is 7.92. The second-order valence-corrected chi connectivity index (χ2v) is 11.3. The van der Waals surface area contributed by atoms with Gasteiger partial charge in [0.15, 0.2) is 0 Å². The molecule has 2 aromatic heterocycles. The lowest BCUT2D eigenvalue weighted by molar-refractivity contribution is 0.567. The molecule has 162 valence electrons. The van der Waals surface area contributed by atoms with Gasteiger partial charge in [-0.15, -0.1) is 0 Å². The average molecular weight is 453 g/mol. The van der Waals surface area contributed by atoms with Crippen LogP contribution in [0.3, 0.4) is 0 Å². The third-order valence-corrected chi connectivity index (χ3v) is 7.18. The number of aryl methyl sites for hydroxylation is 2. The lowest BCUT2D eigenvalue weighted by Crippen LogP contribution is -2.24. The molecule has 30 heavy (non-hydrogen) atoms. The zero-order valence-electron chi connectivity index (χ0n) is 17.6. The van der Waals surface area contributed by atoms with E-state index in [1.165, 1.54) is 14.1 Å². The van der Waals surface area contributed by atoms with E-state index in [2.05, 4.69) is 0 Å². The number of benzene rings is 1. The van der Waals surface area contributed by atoms with Gasteiger partial charge in [-0.25, -0.2) is 25.4 Å². The highest BCUT2D eigenvalue weighted by Crippen LogP contribution is 2.35. The van der Waals surface area contributed by atoms with Crippen molar-refractivity contribution >= 4 is 31.8 Å². The van der Waals surface area contributed by atoms with E-state index in [-0.39, 0.29) is 11.8 Å². The van der Waals surface area contributed by atoms with Gasteiger partial charge in [0.25, 0.3) is 0 Å². The van der Waals surface area contributed by atoms with Gasteiger partial charge in [-0.3, -0.25) is 0 Å². The van der Waals surface area contributed by atoms with Gasteiger partial charge >= 0.3 is 0 Å². The largest absolute Gasteiger partial charge is 0.439 e. The molecule has 0 amide bonds. The quantitative estimate of drug-likeness (QED) is 0.566. The summed E-state index contributed by atoms with van der Waals surface area (Å²) in [5.74, 6) is 1.62. The molecule has 0 fully saturated rings. The van der Waals surface area contributed by atoms with E-state index in [1.807, 2.05) is 38.1 Å². The number of hydrogen-bond donors (Lipinski definition) is 0. The number of hydrogen-bond acceptors (Lipinski definition) is 6. The van der Waals surface area contributed by atoms with E-state index in [1.54, 1.807) is 12.1 Å². The smallest absolute Gasteiger partial charge is 0.234 e. The summed E-state index contributed by atoms with van der Waals surface area (Å²) in [5, 5.41) is 0. The highest BCUT2D eigenvalue weighted by Gasteiger charge is 2.20. The average Bonchev–Trinajstić information content (AvgIpc) is 3.22. The standard InChI is InChI=1S/C20H24N2O6S2/c1-13-11-17(21(3)29(5,23)24)27-19(13)15-7-9-16(10-8-15)20-14(2)12-18(28-20)22(4)30(6,25)26/h7-12H,1-6H3. The third-order valence-electron chi connectivity index (χ3n) is 4.83.